The van der Waals surface area contributed by atoms with E-state index in [4.69, 9.17) is 4.74 Å². The van der Waals surface area contributed by atoms with Gasteiger partial charge in [0.15, 0.2) is 0 Å². The number of pyridine rings is 1. The lowest BCUT2D eigenvalue weighted by atomic mass is 9.89. The largest absolute Gasteiger partial charge is 0.379 e. The molecule has 0 radical (unpaired) electrons. The predicted octanol–water partition coefficient (Wildman–Crippen LogP) is 2.06. The second-order valence-corrected chi connectivity index (χ2v) is 7.91. The van der Waals surface area contributed by atoms with Crippen molar-refractivity contribution in [1.82, 2.24) is 14.4 Å². The second kappa shape index (κ2) is 8.57. The Labute approximate surface area is 162 Å². The molecule has 0 aliphatic carbocycles. The first-order chi connectivity index (χ1) is 12.9. The molecule has 3 heterocycles. The van der Waals surface area contributed by atoms with Gasteiger partial charge in [-0.2, -0.15) is 0 Å². The van der Waals surface area contributed by atoms with Crippen LogP contribution in [-0.4, -0.2) is 65.7 Å². The van der Waals surface area contributed by atoms with Crippen LogP contribution in [0.5, 0.6) is 0 Å². The van der Waals surface area contributed by atoms with Crippen LogP contribution < -0.4 is 5.56 Å². The standard InChI is InChI=1S/C21H33N3O3/c1-5-24-16(3)14-15(2)19(21(24)26)20(25)23-8-6-18(7-9-23)17(4)22-10-12-27-13-11-22/h14,17-18H,5-13H2,1-4H3. The van der Waals surface area contributed by atoms with Gasteiger partial charge in [-0.05, 0) is 58.1 Å². The van der Waals surface area contributed by atoms with Gasteiger partial charge in [0.1, 0.15) is 5.56 Å². The fourth-order valence-electron chi connectivity index (χ4n) is 4.61. The predicted molar refractivity (Wildman–Crippen MR) is 106 cm³/mol. The third-order valence-corrected chi connectivity index (χ3v) is 6.37. The number of piperidine rings is 1. The lowest BCUT2D eigenvalue weighted by molar-refractivity contribution is -0.000969. The average molecular weight is 376 g/mol. The number of morpholine rings is 1. The summed E-state index contributed by atoms with van der Waals surface area (Å²) < 4.78 is 7.15. The molecule has 2 fully saturated rings. The highest BCUT2D eigenvalue weighted by molar-refractivity contribution is 5.95. The van der Waals surface area contributed by atoms with E-state index in [1.807, 2.05) is 31.7 Å². The normalized spacial score (nSPS) is 20.7. The Morgan fingerprint density at radius 1 is 1.19 bits per heavy atom. The molecule has 27 heavy (non-hydrogen) atoms. The summed E-state index contributed by atoms with van der Waals surface area (Å²) in [6.45, 7) is 13.7. The number of rotatable bonds is 4. The number of hydrogen-bond acceptors (Lipinski definition) is 4. The second-order valence-electron chi connectivity index (χ2n) is 7.91. The van der Waals surface area contributed by atoms with Crippen molar-refractivity contribution >= 4 is 5.91 Å². The summed E-state index contributed by atoms with van der Waals surface area (Å²) in [6.07, 6.45) is 1.99. The van der Waals surface area contributed by atoms with E-state index in [1.54, 1.807) is 4.57 Å². The molecule has 2 aliphatic heterocycles. The highest BCUT2D eigenvalue weighted by Gasteiger charge is 2.31. The SMILES string of the molecule is CCn1c(C)cc(C)c(C(=O)N2CCC(C(C)N3CCOCC3)CC2)c1=O. The first-order valence-corrected chi connectivity index (χ1v) is 10.3. The lowest BCUT2D eigenvalue weighted by Crippen LogP contribution is -2.49. The minimum Gasteiger partial charge on any atom is -0.379 e. The Bertz CT molecular complexity index is 729. The van der Waals surface area contributed by atoms with Crippen LogP contribution in [0.25, 0.3) is 0 Å². The number of nitrogens with zero attached hydrogens (tertiary/aromatic N) is 3. The Kier molecular flexibility index (Phi) is 6.37. The molecule has 150 valence electrons. The first kappa shape index (κ1) is 20.1. The molecule has 6 nitrogen and oxygen atoms in total. The smallest absolute Gasteiger partial charge is 0.263 e. The Hall–Kier alpha value is -1.66. The highest BCUT2D eigenvalue weighted by Crippen LogP contribution is 2.25. The first-order valence-electron chi connectivity index (χ1n) is 10.3. The number of aromatic nitrogens is 1. The summed E-state index contributed by atoms with van der Waals surface area (Å²) in [7, 11) is 0. The molecule has 0 bridgehead atoms. The number of aryl methyl sites for hydroxylation is 2. The lowest BCUT2D eigenvalue weighted by Gasteiger charge is -2.41. The van der Waals surface area contributed by atoms with Crippen molar-refractivity contribution in [3.8, 4) is 0 Å². The van der Waals surface area contributed by atoms with Crippen molar-refractivity contribution in [3.05, 3.63) is 33.2 Å². The van der Waals surface area contributed by atoms with Crippen molar-refractivity contribution < 1.29 is 9.53 Å². The number of carbonyl (C=O) groups is 1. The molecular weight excluding hydrogens is 342 g/mol. The number of ether oxygens (including phenoxy) is 1. The number of hydrogen-bond donors (Lipinski definition) is 0. The molecule has 2 aliphatic rings. The van der Waals surface area contributed by atoms with Crippen LogP contribution in [0.4, 0.5) is 0 Å². The zero-order chi connectivity index (χ0) is 19.6. The van der Waals surface area contributed by atoms with Crippen LogP contribution in [0.2, 0.25) is 0 Å². The van der Waals surface area contributed by atoms with Crippen LogP contribution >= 0.6 is 0 Å². The average Bonchev–Trinajstić information content (AvgIpc) is 2.68. The minimum atomic E-state index is -0.149. The Morgan fingerprint density at radius 3 is 2.41 bits per heavy atom. The summed E-state index contributed by atoms with van der Waals surface area (Å²) in [4.78, 5) is 30.3. The molecule has 1 atom stereocenters. The van der Waals surface area contributed by atoms with E-state index in [1.165, 1.54) is 0 Å². The van der Waals surface area contributed by atoms with E-state index < -0.39 is 0 Å². The van der Waals surface area contributed by atoms with E-state index in [2.05, 4.69) is 11.8 Å². The van der Waals surface area contributed by atoms with Gasteiger partial charge in [-0.3, -0.25) is 14.5 Å². The van der Waals surface area contributed by atoms with E-state index in [0.717, 1.165) is 63.5 Å². The monoisotopic (exact) mass is 375 g/mol. The zero-order valence-electron chi connectivity index (χ0n) is 17.2. The number of amides is 1. The van der Waals surface area contributed by atoms with Crippen molar-refractivity contribution in [2.24, 2.45) is 5.92 Å². The van der Waals surface area contributed by atoms with Gasteiger partial charge in [0.05, 0.1) is 13.2 Å². The van der Waals surface area contributed by atoms with Gasteiger partial charge in [-0.15, -0.1) is 0 Å². The maximum absolute atomic E-state index is 13.1. The van der Waals surface area contributed by atoms with Gasteiger partial charge in [0.2, 0.25) is 0 Å². The molecule has 0 saturated carbocycles. The topological polar surface area (TPSA) is 54.8 Å². The molecule has 6 heteroatoms. The summed E-state index contributed by atoms with van der Waals surface area (Å²) in [6, 6.07) is 2.47. The third kappa shape index (κ3) is 4.11. The fourth-order valence-corrected chi connectivity index (χ4v) is 4.61. The van der Waals surface area contributed by atoms with Crippen LogP contribution in [0.1, 0.15) is 48.3 Å². The zero-order valence-corrected chi connectivity index (χ0v) is 17.2. The van der Waals surface area contributed by atoms with Gasteiger partial charge in [-0.25, -0.2) is 0 Å². The molecule has 0 N–H and O–H groups in total. The summed E-state index contributed by atoms with van der Waals surface area (Å²) in [5.41, 5.74) is 1.90. The molecule has 2 saturated heterocycles. The summed E-state index contributed by atoms with van der Waals surface area (Å²) in [5, 5.41) is 0. The van der Waals surface area contributed by atoms with Gasteiger partial charge in [0.25, 0.3) is 11.5 Å². The van der Waals surface area contributed by atoms with Crippen molar-refractivity contribution in [1.29, 1.82) is 0 Å². The summed E-state index contributed by atoms with van der Waals surface area (Å²) in [5.74, 6) is 0.496. The maximum atomic E-state index is 13.1. The van der Waals surface area contributed by atoms with E-state index >= 15 is 0 Å². The Morgan fingerprint density at radius 2 is 1.81 bits per heavy atom. The van der Waals surface area contributed by atoms with Crippen molar-refractivity contribution in [2.75, 3.05) is 39.4 Å². The molecule has 1 aromatic heterocycles. The van der Waals surface area contributed by atoms with Gasteiger partial charge < -0.3 is 14.2 Å². The molecule has 1 unspecified atom stereocenters. The van der Waals surface area contributed by atoms with Crippen LogP contribution in [0.3, 0.4) is 0 Å². The molecular formula is C21H33N3O3. The van der Waals surface area contributed by atoms with Crippen molar-refractivity contribution in [2.45, 2.75) is 53.1 Å². The number of carbonyl (C=O) groups excluding carboxylic acids is 1. The molecule has 1 aromatic rings. The van der Waals surface area contributed by atoms with Gasteiger partial charge >= 0.3 is 0 Å². The maximum Gasteiger partial charge on any atom is 0.263 e. The van der Waals surface area contributed by atoms with Crippen molar-refractivity contribution in [3.63, 3.8) is 0 Å². The quantitative estimate of drug-likeness (QED) is 0.808. The molecule has 1 amide bonds. The third-order valence-electron chi connectivity index (χ3n) is 6.37. The highest BCUT2D eigenvalue weighted by atomic mass is 16.5. The van der Waals surface area contributed by atoms with E-state index in [0.29, 0.717) is 24.1 Å². The molecule has 0 spiro atoms. The van der Waals surface area contributed by atoms with Crippen LogP contribution in [-0.2, 0) is 11.3 Å². The fraction of sp³-hybridized carbons (Fsp3) is 0.714. The number of likely N-dealkylation sites (tertiary alicyclic amines) is 1. The molecule has 0 aromatic carbocycles. The van der Waals surface area contributed by atoms with Gasteiger partial charge in [-0.1, -0.05) is 0 Å². The summed E-state index contributed by atoms with van der Waals surface area (Å²) >= 11 is 0. The van der Waals surface area contributed by atoms with E-state index in [-0.39, 0.29) is 11.5 Å². The van der Waals surface area contributed by atoms with Crippen LogP contribution in [0.15, 0.2) is 10.9 Å². The van der Waals surface area contributed by atoms with Crippen LogP contribution in [0, 0.1) is 19.8 Å². The Balaban J connectivity index is 1.68. The van der Waals surface area contributed by atoms with E-state index in [9.17, 15) is 9.59 Å². The van der Waals surface area contributed by atoms with Gasteiger partial charge in [0, 0.05) is 44.5 Å². The minimum absolute atomic E-state index is 0.0998. The molecule has 3 rings (SSSR count).